The van der Waals surface area contributed by atoms with Crippen LogP contribution in [0.15, 0.2) is 48.5 Å². The number of nitrogens with zero attached hydrogens (tertiary/aromatic N) is 1. The summed E-state index contributed by atoms with van der Waals surface area (Å²) in [7, 11) is 0. The lowest BCUT2D eigenvalue weighted by atomic mass is 10.1. The molecule has 0 bridgehead atoms. The zero-order valence-corrected chi connectivity index (χ0v) is 20.4. The van der Waals surface area contributed by atoms with E-state index in [0.29, 0.717) is 50.6 Å². The Morgan fingerprint density at radius 1 is 0.939 bits per heavy atom. The van der Waals surface area contributed by atoms with Gasteiger partial charge in [-0.1, -0.05) is 49.7 Å². The average molecular weight is 455 g/mol. The third-order valence-electron chi connectivity index (χ3n) is 5.43. The number of nitrogens with one attached hydrogen (secondary N) is 1. The smallest absolute Gasteiger partial charge is 0.242 e. The summed E-state index contributed by atoms with van der Waals surface area (Å²) in [5.74, 6) is 1.22. The van der Waals surface area contributed by atoms with Crippen molar-refractivity contribution in [2.45, 2.75) is 66.0 Å². The zero-order chi connectivity index (χ0) is 24.1. The van der Waals surface area contributed by atoms with E-state index in [4.69, 9.17) is 9.47 Å². The van der Waals surface area contributed by atoms with Crippen LogP contribution >= 0.6 is 0 Å². The van der Waals surface area contributed by atoms with Gasteiger partial charge < -0.3 is 19.7 Å². The number of unbranched alkanes of at least 4 members (excludes halogenated alkanes) is 1. The van der Waals surface area contributed by atoms with Gasteiger partial charge in [0.1, 0.15) is 6.04 Å². The van der Waals surface area contributed by atoms with Gasteiger partial charge in [-0.3, -0.25) is 9.59 Å². The highest BCUT2D eigenvalue weighted by atomic mass is 16.5. The Kier molecular flexibility index (Phi) is 11.3. The lowest BCUT2D eigenvalue weighted by Crippen LogP contribution is -2.47. The lowest BCUT2D eigenvalue weighted by molar-refractivity contribution is -0.140. The van der Waals surface area contributed by atoms with Crippen LogP contribution in [0, 0.1) is 0 Å². The summed E-state index contributed by atoms with van der Waals surface area (Å²) in [4.78, 5) is 27.7. The average Bonchev–Trinajstić information content (AvgIpc) is 2.83. The highest BCUT2D eigenvalue weighted by Crippen LogP contribution is 2.29. The molecular weight excluding hydrogens is 416 g/mol. The number of rotatable bonds is 14. The fraction of sp³-hybridized carbons (Fsp3) is 0.481. The van der Waals surface area contributed by atoms with Gasteiger partial charge in [0, 0.05) is 19.5 Å². The van der Waals surface area contributed by atoms with Crippen LogP contribution in [0.25, 0.3) is 0 Å². The molecule has 6 heteroatoms. The first-order chi connectivity index (χ1) is 16.0. The SMILES string of the molecule is CCCCNC(=O)C(C)N(Cc1ccccc1)C(=O)CCc1ccc(OCC)c(OCC)c1. The summed E-state index contributed by atoms with van der Waals surface area (Å²) in [5.41, 5.74) is 1.99. The summed E-state index contributed by atoms with van der Waals surface area (Å²) in [5, 5.41) is 2.95. The highest BCUT2D eigenvalue weighted by molar-refractivity contribution is 5.87. The molecule has 6 nitrogen and oxygen atoms in total. The molecule has 2 amide bonds. The minimum Gasteiger partial charge on any atom is -0.490 e. The summed E-state index contributed by atoms with van der Waals surface area (Å²) in [6, 6.07) is 15.0. The fourth-order valence-electron chi connectivity index (χ4n) is 3.54. The molecule has 1 N–H and O–H groups in total. The Balaban J connectivity index is 2.12. The van der Waals surface area contributed by atoms with Gasteiger partial charge in [-0.15, -0.1) is 0 Å². The number of hydrogen-bond donors (Lipinski definition) is 1. The zero-order valence-electron chi connectivity index (χ0n) is 20.4. The lowest BCUT2D eigenvalue weighted by Gasteiger charge is -2.29. The Morgan fingerprint density at radius 2 is 1.64 bits per heavy atom. The summed E-state index contributed by atoms with van der Waals surface area (Å²) >= 11 is 0. The molecule has 1 unspecified atom stereocenters. The second-order valence-corrected chi connectivity index (χ2v) is 7.97. The van der Waals surface area contributed by atoms with Crippen LogP contribution in [0.5, 0.6) is 11.5 Å². The van der Waals surface area contributed by atoms with E-state index < -0.39 is 6.04 Å². The number of carbonyl (C=O) groups is 2. The van der Waals surface area contributed by atoms with Gasteiger partial charge in [0.2, 0.25) is 11.8 Å². The molecule has 0 saturated carbocycles. The van der Waals surface area contributed by atoms with Gasteiger partial charge in [0.05, 0.1) is 13.2 Å². The number of carbonyl (C=O) groups excluding carboxylic acids is 2. The Hall–Kier alpha value is -3.02. The van der Waals surface area contributed by atoms with E-state index in [1.54, 1.807) is 11.8 Å². The molecule has 2 rings (SSSR count). The largest absolute Gasteiger partial charge is 0.490 e. The van der Waals surface area contributed by atoms with Crippen LogP contribution in [-0.2, 0) is 22.6 Å². The number of aryl methyl sites for hydroxylation is 1. The maximum Gasteiger partial charge on any atom is 0.242 e. The van der Waals surface area contributed by atoms with E-state index in [0.717, 1.165) is 24.0 Å². The van der Waals surface area contributed by atoms with Crippen LogP contribution in [0.3, 0.4) is 0 Å². The van der Waals surface area contributed by atoms with Crippen molar-refractivity contribution in [2.24, 2.45) is 0 Å². The van der Waals surface area contributed by atoms with E-state index in [2.05, 4.69) is 12.2 Å². The van der Waals surface area contributed by atoms with E-state index >= 15 is 0 Å². The molecule has 180 valence electrons. The second kappa shape index (κ2) is 14.2. The van der Waals surface area contributed by atoms with E-state index in [9.17, 15) is 9.59 Å². The van der Waals surface area contributed by atoms with Crippen LogP contribution in [0.1, 0.15) is 58.1 Å². The van der Waals surface area contributed by atoms with Crippen LogP contribution in [0.4, 0.5) is 0 Å². The van der Waals surface area contributed by atoms with E-state index in [-0.39, 0.29) is 11.8 Å². The van der Waals surface area contributed by atoms with Crippen molar-refractivity contribution in [1.82, 2.24) is 10.2 Å². The summed E-state index contributed by atoms with van der Waals surface area (Å²) in [6.45, 7) is 9.87. The summed E-state index contributed by atoms with van der Waals surface area (Å²) in [6.07, 6.45) is 2.79. The Bertz CT molecular complexity index is 870. The second-order valence-electron chi connectivity index (χ2n) is 7.97. The number of hydrogen-bond acceptors (Lipinski definition) is 4. The van der Waals surface area contributed by atoms with Crippen molar-refractivity contribution in [1.29, 1.82) is 0 Å². The van der Waals surface area contributed by atoms with E-state index in [1.807, 2.05) is 62.4 Å². The first kappa shape index (κ1) is 26.2. The molecule has 1 atom stereocenters. The molecule has 0 aliphatic rings. The van der Waals surface area contributed by atoms with Crippen molar-refractivity contribution in [3.63, 3.8) is 0 Å². The van der Waals surface area contributed by atoms with Crippen molar-refractivity contribution in [3.05, 3.63) is 59.7 Å². The van der Waals surface area contributed by atoms with Gasteiger partial charge in [0.25, 0.3) is 0 Å². The minimum absolute atomic E-state index is 0.0520. The Morgan fingerprint density at radius 3 is 2.30 bits per heavy atom. The van der Waals surface area contributed by atoms with Gasteiger partial charge in [-0.2, -0.15) is 0 Å². The number of benzene rings is 2. The Labute approximate surface area is 198 Å². The number of amides is 2. The first-order valence-corrected chi connectivity index (χ1v) is 12.0. The maximum atomic E-state index is 13.3. The predicted octanol–water partition coefficient (Wildman–Crippen LogP) is 4.75. The van der Waals surface area contributed by atoms with Crippen LogP contribution < -0.4 is 14.8 Å². The highest BCUT2D eigenvalue weighted by Gasteiger charge is 2.25. The predicted molar refractivity (Wildman–Crippen MR) is 131 cm³/mol. The fourth-order valence-corrected chi connectivity index (χ4v) is 3.54. The monoisotopic (exact) mass is 454 g/mol. The molecule has 0 heterocycles. The standard InChI is InChI=1S/C27H38N2O4/c1-5-8-18-28-27(31)21(4)29(20-23-12-10-9-11-13-23)26(30)17-15-22-14-16-24(32-6-2)25(19-22)33-7-3/h9-14,16,19,21H,5-8,15,17-18,20H2,1-4H3,(H,28,31). The molecular formula is C27H38N2O4. The van der Waals surface area contributed by atoms with Crippen molar-refractivity contribution < 1.29 is 19.1 Å². The summed E-state index contributed by atoms with van der Waals surface area (Å²) < 4.78 is 11.3. The molecule has 0 aliphatic heterocycles. The molecule has 33 heavy (non-hydrogen) atoms. The molecule has 0 spiro atoms. The molecule has 0 aromatic heterocycles. The molecule has 0 fully saturated rings. The van der Waals surface area contributed by atoms with Crippen molar-refractivity contribution in [3.8, 4) is 11.5 Å². The molecule has 0 radical (unpaired) electrons. The van der Waals surface area contributed by atoms with Gasteiger partial charge in [0.15, 0.2) is 11.5 Å². The van der Waals surface area contributed by atoms with Crippen molar-refractivity contribution >= 4 is 11.8 Å². The topological polar surface area (TPSA) is 67.9 Å². The van der Waals surface area contributed by atoms with Crippen LogP contribution in [0.2, 0.25) is 0 Å². The van der Waals surface area contributed by atoms with Gasteiger partial charge >= 0.3 is 0 Å². The van der Waals surface area contributed by atoms with Crippen LogP contribution in [-0.4, -0.2) is 42.5 Å². The maximum absolute atomic E-state index is 13.3. The first-order valence-electron chi connectivity index (χ1n) is 12.0. The normalized spacial score (nSPS) is 11.5. The third kappa shape index (κ3) is 8.44. The molecule has 2 aromatic rings. The van der Waals surface area contributed by atoms with E-state index in [1.165, 1.54) is 0 Å². The molecule has 0 aliphatic carbocycles. The third-order valence-corrected chi connectivity index (χ3v) is 5.43. The molecule has 0 saturated heterocycles. The van der Waals surface area contributed by atoms with Crippen molar-refractivity contribution in [2.75, 3.05) is 19.8 Å². The number of ether oxygens (including phenoxy) is 2. The molecule has 2 aromatic carbocycles. The van der Waals surface area contributed by atoms with Gasteiger partial charge in [-0.25, -0.2) is 0 Å². The van der Waals surface area contributed by atoms with Gasteiger partial charge in [-0.05, 0) is 56.9 Å². The quantitative estimate of drug-likeness (QED) is 0.418. The minimum atomic E-state index is -0.547.